The fraction of sp³-hybridized carbons (Fsp3) is 0.909. The van der Waals surface area contributed by atoms with E-state index in [1.54, 1.807) is 0 Å². The molecule has 0 aliphatic heterocycles. The van der Waals surface area contributed by atoms with Gasteiger partial charge in [0.05, 0.1) is 6.61 Å². The Morgan fingerprint density at radius 1 is 0.517 bits per heavy atom. The number of rotatable bonds is 38. The molecule has 0 amide bonds. The number of phosphoric acid groups is 1. The van der Waals surface area contributed by atoms with Crippen LogP contribution in [0.4, 0.5) is 0 Å². The summed E-state index contributed by atoms with van der Waals surface area (Å²) in [6.07, 6.45) is 22.7. The minimum atomic E-state index is -5.11. The van der Waals surface area contributed by atoms with Gasteiger partial charge in [-0.3, -0.25) is 18.6 Å². The summed E-state index contributed by atoms with van der Waals surface area (Å²) in [7, 11) is -5.11. The molecule has 1 aliphatic rings. The van der Waals surface area contributed by atoms with Gasteiger partial charge in [-0.1, -0.05) is 161 Å². The Bertz CT molecular complexity index is 1080. The number of allylic oxidation sites excluding steroid dienone is 2. The zero-order valence-electron chi connectivity index (χ0n) is 36.1. The monoisotopic (exact) mass is 851 g/mol. The number of hydrogen-bond acceptors (Lipinski definition) is 12. The third-order valence-corrected chi connectivity index (χ3v) is 11.8. The van der Waals surface area contributed by atoms with Crippen molar-refractivity contribution in [1.29, 1.82) is 0 Å². The molecule has 0 aromatic rings. The summed E-state index contributed by atoms with van der Waals surface area (Å²) in [5, 5.41) is 50.1. The first-order valence-corrected chi connectivity index (χ1v) is 24.5. The van der Waals surface area contributed by atoms with E-state index in [0.29, 0.717) is 12.8 Å². The molecular formula is C44H83O13P. The van der Waals surface area contributed by atoms with Crippen molar-refractivity contribution in [3.05, 3.63) is 12.2 Å². The van der Waals surface area contributed by atoms with Gasteiger partial charge in [0.15, 0.2) is 6.10 Å². The molecule has 6 unspecified atom stereocenters. The van der Waals surface area contributed by atoms with Crippen molar-refractivity contribution in [1.82, 2.24) is 0 Å². The van der Waals surface area contributed by atoms with Gasteiger partial charge in [0, 0.05) is 12.8 Å². The molecule has 6 atom stereocenters. The predicted octanol–water partition coefficient (Wildman–Crippen LogP) is 8.67. The highest BCUT2D eigenvalue weighted by Gasteiger charge is 2.51. The highest BCUT2D eigenvalue weighted by atomic mass is 31.2. The van der Waals surface area contributed by atoms with Crippen LogP contribution in [0.2, 0.25) is 0 Å². The van der Waals surface area contributed by atoms with Crippen LogP contribution >= 0.6 is 7.82 Å². The van der Waals surface area contributed by atoms with Gasteiger partial charge in [-0.05, 0) is 38.5 Å². The number of esters is 2. The lowest BCUT2D eigenvalue weighted by Gasteiger charge is -2.41. The molecule has 1 rings (SSSR count). The first-order valence-electron chi connectivity index (χ1n) is 23.0. The van der Waals surface area contributed by atoms with Crippen LogP contribution in [0.15, 0.2) is 12.2 Å². The molecule has 14 heteroatoms. The normalized spacial score (nSPS) is 22.6. The van der Waals surface area contributed by atoms with Gasteiger partial charge in [-0.2, -0.15) is 0 Å². The van der Waals surface area contributed by atoms with Gasteiger partial charge in [0.25, 0.3) is 0 Å². The standard InChI is InChI=1S/C44H83O13P/c1-3-5-7-9-11-13-15-17-18-19-21-22-24-26-28-30-32-37(45)54-34-36(35-55-58(52,53)57-44-42(50)40(48)39(47)41(49)43(44)51)56-38(46)33-31-29-27-25-23-20-16-14-12-10-8-6-4-2/h14,16,36,39-44,47-51H,3-13,15,17-35H2,1-2H3,(H,52,53)/b16-14-. The van der Waals surface area contributed by atoms with Crippen molar-refractivity contribution in [2.75, 3.05) is 13.2 Å². The Hall–Kier alpha value is -1.41. The fourth-order valence-corrected chi connectivity index (χ4v) is 8.08. The SMILES string of the molecule is CCCCCC/C=C\CCCCCCCC(=O)OC(COC(=O)CCCCCCCCCCCCCCCCCC)COP(=O)(O)OC1C(O)C(O)C(O)C(O)C1O. The lowest BCUT2D eigenvalue weighted by molar-refractivity contribution is -0.220. The lowest BCUT2D eigenvalue weighted by atomic mass is 9.85. The van der Waals surface area contributed by atoms with E-state index in [1.807, 2.05) is 0 Å². The highest BCUT2D eigenvalue weighted by Crippen LogP contribution is 2.47. The maximum atomic E-state index is 12.8. The molecule has 0 bridgehead atoms. The van der Waals surface area contributed by atoms with Crippen molar-refractivity contribution in [2.24, 2.45) is 0 Å². The van der Waals surface area contributed by atoms with Crippen molar-refractivity contribution in [2.45, 2.75) is 243 Å². The van der Waals surface area contributed by atoms with E-state index >= 15 is 0 Å². The maximum Gasteiger partial charge on any atom is 0.472 e. The van der Waals surface area contributed by atoms with E-state index in [0.717, 1.165) is 57.8 Å². The molecule has 0 heterocycles. The van der Waals surface area contributed by atoms with Gasteiger partial charge < -0.3 is 39.9 Å². The van der Waals surface area contributed by atoms with Crippen molar-refractivity contribution < 1.29 is 63.1 Å². The van der Waals surface area contributed by atoms with E-state index in [2.05, 4.69) is 26.0 Å². The molecule has 0 saturated heterocycles. The molecule has 1 saturated carbocycles. The van der Waals surface area contributed by atoms with E-state index < -0.39 is 75.7 Å². The second-order valence-electron chi connectivity index (χ2n) is 16.3. The number of aliphatic hydroxyl groups excluding tert-OH is 5. The number of ether oxygens (including phenoxy) is 2. The summed E-state index contributed by atoms with van der Waals surface area (Å²) in [4.78, 5) is 35.6. The van der Waals surface area contributed by atoms with Crippen LogP contribution in [0.3, 0.4) is 0 Å². The van der Waals surface area contributed by atoms with Crippen LogP contribution < -0.4 is 0 Å². The third-order valence-electron chi connectivity index (χ3n) is 10.9. The highest BCUT2D eigenvalue weighted by molar-refractivity contribution is 7.47. The summed E-state index contributed by atoms with van der Waals surface area (Å²) >= 11 is 0. The van der Waals surface area contributed by atoms with Gasteiger partial charge in [-0.15, -0.1) is 0 Å². The number of hydrogen-bond donors (Lipinski definition) is 6. The average molecular weight is 851 g/mol. The Morgan fingerprint density at radius 2 is 0.879 bits per heavy atom. The number of carbonyl (C=O) groups excluding carboxylic acids is 2. The van der Waals surface area contributed by atoms with Gasteiger partial charge in [0.1, 0.15) is 43.2 Å². The summed E-state index contributed by atoms with van der Waals surface area (Å²) in [5.74, 6) is -1.10. The molecule has 342 valence electrons. The first kappa shape index (κ1) is 54.6. The first-order chi connectivity index (χ1) is 27.9. The number of aliphatic hydroxyl groups is 5. The number of unbranched alkanes of at least 4 members (excludes halogenated alkanes) is 24. The second-order valence-corrected chi connectivity index (χ2v) is 17.7. The Balaban J connectivity index is 2.45. The number of carbonyl (C=O) groups is 2. The van der Waals surface area contributed by atoms with E-state index in [-0.39, 0.29) is 12.8 Å². The van der Waals surface area contributed by atoms with E-state index in [9.17, 15) is 44.6 Å². The Labute approximate surface area is 350 Å². The largest absolute Gasteiger partial charge is 0.472 e. The molecule has 0 radical (unpaired) electrons. The molecule has 58 heavy (non-hydrogen) atoms. The van der Waals surface area contributed by atoms with Crippen LogP contribution in [0.25, 0.3) is 0 Å². The zero-order chi connectivity index (χ0) is 42.9. The minimum absolute atomic E-state index is 0.0904. The summed E-state index contributed by atoms with van der Waals surface area (Å²) < 4.78 is 33.5. The fourth-order valence-electron chi connectivity index (χ4n) is 7.11. The second kappa shape index (κ2) is 35.2. The zero-order valence-corrected chi connectivity index (χ0v) is 37.0. The molecule has 0 aromatic heterocycles. The molecule has 1 fully saturated rings. The van der Waals surface area contributed by atoms with Crippen molar-refractivity contribution >= 4 is 19.8 Å². The predicted molar refractivity (Wildman–Crippen MR) is 226 cm³/mol. The van der Waals surface area contributed by atoms with Crippen LogP contribution in [-0.4, -0.2) is 98.3 Å². The van der Waals surface area contributed by atoms with Gasteiger partial charge >= 0.3 is 19.8 Å². The van der Waals surface area contributed by atoms with E-state index in [1.165, 1.54) is 103 Å². The van der Waals surface area contributed by atoms with Crippen molar-refractivity contribution in [3.63, 3.8) is 0 Å². The molecule has 1 aliphatic carbocycles. The van der Waals surface area contributed by atoms with Gasteiger partial charge in [-0.25, -0.2) is 4.57 Å². The molecule has 6 N–H and O–H groups in total. The molecule has 0 aromatic carbocycles. The molecule has 0 spiro atoms. The Morgan fingerprint density at radius 3 is 1.33 bits per heavy atom. The lowest BCUT2D eigenvalue weighted by Crippen LogP contribution is -2.64. The van der Waals surface area contributed by atoms with Crippen LogP contribution in [-0.2, 0) is 32.7 Å². The van der Waals surface area contributed by atoms with Crippen LogP contribution in [0, 0.1) is 0 Å². The Kier molecular flexibility index (Phi) is 33.2. The van der Waals surface area contributed by atoms with E-state index in [4.69, 9.17) is 18.5 Å². The van der Waals surface area contributed by atoms with Crippen LogP contribution in [0.1, 0.15) is 200 Å². The smallest absolute Gasteiger partial charge is 0.462 e. The van der Waals surface area contributed by atoms with Crippen molar-refractivity contribution in [3.8, 4) is 0 Å². The van der Waals surface area contributed by atoms with Crippen LogP contribution in [0.5, 0.6) is 0 Å². The quantitative estimate of drug-likeness (QED) is 0.0149. The summed E-state index contributed by atoms with van der Waals surface area (Å²) in [6, 6.07) is 0. The molecular weight excluding hydrogens is 767 g/mol. The minimum Gasteiger partial charge on any atom is -0.462 e. The maximum absolute atomic E-state index is 12.8. The average Bonchev–Trinajstić information content (AvgIpc) is 3.20. The van der Waals surface area contributed by atoms with Gasteiger partial charge in [0.2, 0.25) is 0 Å². The summed E-state index contributed by atoms with van der Waals surface area (Å²) in [5.41, 5.74) is 0. The third kappa shape index (κ3) is 27.4. The topological polar surface area (TPSA) is 210 Å². The summed E-state index contributed by atoms with van der Waals surface area (Å²) in [6.45, 7) is 3.28. The number of phosphoric ester groups is 1. The molecule has 13 nitrogen and oxygen atoms in total.